The predicted octanol–water partition coefficient (Wildman–Crippen LogP) is 3.18. The monoisotopic (exact) mass is 311 g/mol. The van der Waals surface area contributed by atoms with Gasteiger partial charge in [0, 0.05) is 23.5 Å². The third-order valence-corrected chi connectivity index (χ3v) is 3.49. The fourth-order valence-corrected chi connectivity index (χ4v) is 2.37. The highest BCUT2D eigenvalue weighted by Gasteiger charge is 2.06. The van der Waals surface area contributed by atoms with Crippen LogP contribution in [0.1, 0.15) is 5.69 Å². The molecule has 108 valence electrons. The van der Waals surface area contributed by atoms with Gasteiger partial charge in [0.15, 0.2) is 6.39 Å². The molecule has 0 saturated carbocycles. The van der Waals surface area contributed by atoms with Gasteiger partial charge in [-0.25, -0.2) is 9.97 Å². The Morgan fingerprint density at radius 3 is 2.91 bits per heavy atom. The number of hydrogen-bond donors (Lipinski definition) is 0. The average molecular weight is 312 g/mol. The van der Waals surface area contributed by atoms with Crippen LogP contribution in [0.5, 0.6) is 0 Å². The topological polar surface area (TPSA) is 69.6 Å². The first kappa shape index (κ1) is 13.0. The van der Waals surface area contributed by atoms with Crippen molar-refractivity contribution in [3.63, 3.8) is 0 Å². The minimum Gasteiger partial charge on any atom is -0.451 e. The molecule has 0 radical (unpaired) electrons. The fraction of sp³-hybridized carbons (Fsp3) is 0.0667. The van der Waals surface area contributed by atoms with Crippen LogP contribution < -0.4 is 0 Å². The molecule has 0 aliphatic carbocycles. The summed E-state index contributed by atoms with van der Waals surface area (Å²) in [5, 5.41) is 4.78. The minimum atomic E-state index is 0.452. The standard InChI is InChI=1S/C15H10ClN5O/c16-15-2-1-13-14(20-15)3-10(4-17-13)11-5-19-21(6-11)7-12-8-22-9-18-12/h1-6,8-9H,7H2. The highest BCUT2D eigenvalue weighted by molar-refractivity contribution is 6.29. The zero-order chi connectivity index (χ0) is 14.9. The largest absolute Gasteiger partial charge is 0.451 e. The number of rotatable bonds is 3. The number of aromatic nitrogens is 5. The van der Waals surface area contributed by atoms with Gasteiger partial charge in [0.05, 0.1) is 23.8 Å². The molecule has 0 saturated heterocycles. The number of pyridine rings is 2. The lowest BCUT2D eigenvalue weighted by Crippen LogP contribution is -1.99. The van der Waals surface area contributed by atoms with Crippen LogP contribution in [0.2, 0.25) is 5.15 Å². The molecule has 0 atom stereocenters. The van der Waals surface area contributed by atoms with Gasteiger partial charge in [-0.2, -0.15) is 5.10 Å². The summed E-state index contributed by atoms with van der Waals surface area (Å²) >= 11 is 5.93. The van der Waals surface area contributed by atoms with Gasteiger partial charge in [-0.1, -0.05) is 11.6 Å². The van der Waals surface area contributed by atoms with Gasteiger partial charge in [0.25, 0.3) is 0 Å². The second-order valence-electron chi connectivity index (χ2n) is 4.80. The van der Waals surface area contributed by atoms with Gasteiger partial charge in [-0.05, 0) is 18.2 Å². The Morgan fingerprint density at radius 1 is 1.09 bits per heavy atom. The smallest absolute Gasteiger partial charge is 0.180 e. The van der Waals surface area contributed by atoms with E-state index in [4.69, 9.17) is 16.0 Å². The van der Waals surface area contributed by atoms with Crippen molar-refractivity contribution in [1.82, 2.24) is 24.7 Å². The maximum absolute atomic E-state index is 5.93. The van der Waals surface area contributed by atoms with Gasteiger partial charge in [0.1, 0.15) is 17.1 Å². The highest BCUT2D eigenvalue weighted by Crippen LogP contribution is 2.22. The maximum atomic E-state index is 5.93. The maximum Gasteiger partial charge on any atom is 0.180 e. The minimum absolute atomic E-state index is 0.452. The summed E-state index contributed by atoms with van der Waals surface area (Å²) in [4.78, 5) is 12.8. The third-order valence-electron chi connectivity index (χ3n) is 3.28. The van der Waals surface area contributed by atoms with E-state index in [2.05, 4.69) is 20.1 Å². The second kappa shape index (κ2) is 5.23. The van der Waals surface area contributed by atoms with Gasteiger partial charge in [-0.15, -0.1) is 0 Å². The van der Waals surface area contributed by atoms with Crippen molar-refractivity contribution in [2.24, 2.45) is 0 Å². The third kappa shape index (κ3) is 2.44. The van der Waals surface area contributed by atoms with Gasteiger partial charge >= 0.3 is 0 Å². The lowest BCUT2D eigenvalue weighted by Gasteiger charge is -2.01. The summed E-state index contributed by atoms with van der Waals surface area (Å²) in [6, 6.07) is 5.53. The van der Waals surface area contributed by atoms with E-state index in [0.717, 1.165) is 27.9 Å². The van der Waals surface area contributed by atoms with Gasteiger partial charge in [0.2, 0.25) is 0 Å². The molecule has 6 nitrogen and oxygen atoms in total. The van der Waals surface area contributed by atoms with Crippen LogP contribution in [0.15, 0.2) is 53.9 Å². The molecule has 0 N–H and O–H groups in total. The molecule has 0 fully saturated rings. The lowest BCUT2D eigenvalue weighted by atomic mass is 10.1. The summed E-state index contributed by atoms with van der Waals surface area (Å²) in [7, 11) is 0. The van der Waals surface area contributed by atoms with E-state index in [0.29, 0.717) is 11.7 Å². The normalized spacial score (nSPS) is 11.1. The van der Waals surface area contributed by atoms with Crippen LogP contribution in [0, 0.1) is 0 Å². The molecule has 0 amide bonds. The lowest BCUT2D eigenvalue weighted by molar-refractivity contribution is 0.554. The van der Waals surface area contributed by atoms with Crippen LogP contribution in [-0.2, 0) is 6.54 Å². The first-order valence-electron chi connectivity index (χ1n) is 6.60. The molecule has 0 aliphatic rings. The Morgan fingerprint density at radius 2 is 2.05 bits per heavy atom. The Hall–Kier alpha value is -2.73. The van der Waals surface area contributed by atoms with E-state index >= 15 is 0 Å². The van der Waals surface area contributed by atoms with Crippen molar-refractivity contribution in [1.29, 1.82) is 0 Å². The summed E-state index contributed by atoms with van der Waals surface area (Å²) in [5.74, 6) is 0. The van der Waals surface area contributed by atoms with E-state index in [-0.39, 0.29) is 0 Å². The summed E-state index contributed by atoms with van der Waals surface area (Å²) in [6.45, 7) is 0.557. The van der Waals surface area contributed by atoms with E-state index in [9.17, 15) is 0 Å². The van der Waals surface area contributed by atoms with Crippen LogP contribution in [-0.4, -0.2) is 24.7 Å². The highest BCUT2D eigenvalue weighted by atomic mass is 35.5. The molecule has 0 bridgehead atoms. The van der Waals surface area contributed by atoms with E-state index in [1.54, 1.807) is 29.4 Å². The molecule has 7 heteroatoms. The molecule has 4 heterocycles. The average Bonchev–Trinajstić information content (AvgIpc) is 3.19. The Balaban J connectivity index is 1.68. The summed E-state index contributed by atoms with van der Waals surface area (Å²) in [5.41, 5.74) is 4.28. The zero-order valence-corrected chi connectivity index (χ0v) is 12.1. The van der Waals surface area contributed by atoms with Crippen LogP contribution in [0.25, 0.3) is 22.2 Å². The first-order valence-corrected chi connectivity index (χ1v) is 6.98. The van der Waals surface area contributed by atoms with Crippen molar-refractivity contribution in [2.45, 2.75) is 6.54 Å². The van der Waals surface area contributed by atoms with Crippen molar-refractivity contribution < 1.29 is 4.42 Å². The van der Waals surface area contributed by atoms with E-state index in [1.807, 2.05) is 18.3 Å². The number of fused-ring (bicyclic) bond motifs is 1. The Kier molecular flexibility index (Phi) is 3.08. The van der Waals surface area contributed by atoms with Crippen molar-refractivity contribution in [3.8, 4) is 11.1 Å². The number of hydrogen-bond acceptors (Lipinski definition) is 5. The predicted molar refractivity (Wildman–Crippen MR) is 81.4 cm³/mol. The molecule has 0 spiro atoms. The molecule has 4 aromatic heterocycles. The van der Waals surface area contributed by atoms with Crippen molar-refractivity contribution >= 4 is 22.6 Å². The van der Waals surface area contributed by atoms with Crippen LogP contribution in [0.3, 0.4) is 0 Å². The number of oxazole rings is 1. The molecule has 22 heavy (non-hydrogen) atoms. The fourth-order valence-electron chi connectivity index (χ4n) is 2.22. The Labute approximate surface area is 130 Å². The molecule has 4 rings (SSSR count). The van der Waals surface area contributed by atoms with Gasteiger partial charge < -0.3 is 4.42 Å². The van der Waals surface area contributed by atoms with E-state index in [1.165, 1.54) is 6.39 Å². The Bertz CT molecular complexity index is 932. The first-order chi connectivity index (χ1) is 10.8. The molecular formula is C15H10ClN5O. The second-order valence-corrected chi connectivity index (χ2v) is 5.19. The van der Waals surface area contributed by atoms with Crippen LogP contribution >= 0.6 is 11.6 Å². The van der Waals surface area contributed by atoms with Crippen molar-refractivity contribution in [2.75, 3.05) is 0 Å². The molecular weight excluding hydrogens is 302 g/mol. The quantitative estimate of drug-likeness (QED) is 0.543. The number of nitrogens with zero attached hydrogens (tertiary/aromatic N) is 5. The molecule has 0 unspecified atom stereocenters. The van der Waals surface area contributed by atoms with Crippen LogP contribution in [0.4, 0.5) is 0 Å². The van der Waals surface area contributed by atoms with Crippen molar-refractivity contribution in [3.05, 3.63) is 60.3 Å². The zero-order valence-electron chi connectivity index (χ0n) is 11.3. The number of halogens is 1. The molecule has 0 aliphatic heterocycles. The SMILES string of the molecule is Clc1ccc2ncc(-c3cnn(Cc4cocn4)c3)cc2n1. The van der Waals surface area contributed by atoms with E-state index < -0.39 is 0 Å². The summed E-state index contributed by atoms with van der Waals surface area (Å²) < 4.78 is 6.75. The summed E-state index contributed by atoms with van der Waals surface area (Å²) in [6.07, 6.45) is 8.53. The van der Waals surface area contributed by atoms with Gasteiger partial charge in [-0.3, -0.25) is 9.67 Å². The molecule has 4 aromatic rings. The molecule has 0 aromatic carbocycles.